The summed E-state index contributed by atoms with van der Waals surface area (Å²) >= 11 is 6.83. The van der Waals surface area contributed by atoms with Crippen LogP contribution in [0.1, 0.15) is 5.56 Å². The van der Waals surface area contributed by atoms with Gasteiger partial charge in [-0.1, -0.05) is 12.1 Å². The van der Waals surface area contributed by atoms with Crippen LogP contribution in [-0.4, -0.2) is 19.3 Å². The summed E-state index contributed by atoms with van der Waals surface area (Å²) in [6.07, 6.45) is 2.36. The van der Waals surface area contributed by atoms with E-state index in [1.807, 2.05) is 6.07 Å². The first-order valence-corrected chi connectivity index (χ1v) is 8.47. The van der Waals surface area contributed by atoms with Crippen LogP contribution in [0.3, 0.4) is 0 Å². The van der Waals surface area contributed by atoms with E-state index in [4.69, 9.17) is 4.74 Å². The molecule has 1 aromatic heterocycles. The van der Waals surface area contributed by atoms with Crippen molar-refractivity contribution < 1.29 is 9.53 Å². The van der Waals surface area contributed by atoms with Crippen LogP contribution < -0.4 is 0 Å². The number of methoxy groups -OCH3 is 1. The summed E-state index contributed by atoms with van der Waals surface area (Å²) < 4.78 is 5.76. The van der Waals surface area contributed by atoms with Gasteiger partial charge in [0, 0.05) is 9.77 Å². The number of hydrogen-bond donors (Lipinski definition) is 0. The van der Waals surface area contributed by atoms with Gasteiger partial charge >= 0.3 is 5.97 Å². The van der Waals surface area contributed by atoms with Gasteiger partial charge in [-0.05, 0) is 51.5 Å². The minimum absolute atomic E-state index is 0.215. The first-order valence-electron chi connectivity index (χ1n) is 5.63. The maximum atomic E-state index is 11.4. The summed E-state index contributed by atoms with van der Waals surface area (Å²) in [6.45, 7) is 0. The lowest BCUT2D eigenvalue weighted by molar-refractivity contribution is -0.139. The van der Waals surface area contributed by atoms with E-state index < -0.39 is 0 Å². The van der Waals surface area contributed by atoms with Crippen LogP contribution in [0.25, 0.3) is 10.4 Å². The van der Waals surface area contributed by atoms with Crippen molar-refractivity contribution in [2.45, 2.75) is 11.3 Å². The SMILES string of the molecule is COC(=O)Cc1cc(Br)sc1-c1ccc(SC)cc1. The molecule has 0 spiro atoms. The highest BCUT2D eigenvalue weighted by Crippen LogP contribution is 2.36. The van der Waals surface area contributed by atoms with Crippen LogP contribution in [0.5, 0.6) is 0 Å². The Kier molecular flexibility index (Phi) is 5.07. The predicted molar refractivity (Wildman–Crippen MR) is 85.0 cm³/mol. The van der Waals surface area contributed by atoms with Crippen molar-refractivity contribution in [1.82, 2.24) is 0 Å². The maximum Gasteiger partial charge on any atom is 0.310 e. The van der Waals surface area contributed by atoms with Crippen LogP contribution in [0.4, 0.5) is 0 Å². The molecule has 2 rings (SSSR count). The number of benzene rings is 1. The fourth-order valence-electron chi connectivity index (χ4n) is 1.74. The van der Waals surface area contributed by atoms with Gasteiger partial charge in [-0.15, -0.1) is 23.1 Å². The Morgan fingerprint density at radius 1 is 1.37 bits per heavy atom. The third kappa shape index (κ3) is 3.61. The summed E-state index contributed by atoms with van der Waals surface area (Å²) in [5.41, 5.74) is 2.13. The molecule has 0 aliphatic carbocycles. The second-order valence-corrected chi connectivity index (χ2v) is 7.20. The normalized spacial score (nSPS) is 10.5. The number of thiophene rings is 1. The second-order valence-electron chi connectivity index (χ2n) is 3.89. The molecule has 19 heavy (non-hydrogen) atoms. The monoisotopic (exact) mass is 356 g/mol. The first kappa shape index (κ1) is 14.6. The summed E-state index contributed by atoms with van der Waals surface area (Å²) in [5.74, 6) is -0.215. The van der Waals surface area contributed by atoms with Gasteiger partial charge in [0.25, 0.3) is 0 Å². The molecular weight excluding hydrogens is 344 g/mol. The van der Waals surface area contributed by atoms with E-state index in [1.165, 1.54) is 12.0 Å². The Bertz CT molecular complexity index is 576. The molecule has 0 saturated heterocycles. The second kappa shape index (κ2) is 6.59. The van der Waals surface area contributed by atoms with E-state index in [2.05, 4.69) is 46.5 Å². The molecule has 0 aliphatic rings. The average molecular weight is 357 g/mol. The number of rotatable bonds is 4. The average Bonchev–Trinajstić information content (AvgIpc) is 2.79. The number of esters is 1. The lowest BCUT2D eigenvalue weighted by Gasteiger charge is -2.04. The highest BCUT2D eigenvalue weighted by atomic mass is 79.9. The molecule has 2 nitrogen and oxygen atoms in total. The topological polar surface area (TPSA) is 26.3 Å². The minimum atomic E-state index is -0.215. The van der Waals surface area contributed by atoms with Crippen LogP contribution in [0, 0.1) is 0 Å². The summed E-state index contributed by atoms with van der Waals surface area (Å²) in [7, 11) is 1.41. The van der Waals surface area contributed by atoms with Crippen molar-refractivity contribution in [3.05, 3.63) is 39.7 Å². The van der Waals surface area contributed by atoms with Gasteiger partial charge in [0.15, 0.2) is 0 Å². The predicted octanol–water partition coefficient (Wildman–Crippen LogP) is 4.62. The molecule has 0 unspecified atom stereocenters. The zero-order valence-electron chi connectivity index (χ0n) is 10.6. The Morgan fingerprint density at radius 3 is 2.63 bits per heavy atom. The Hall–Kier alpha value is -0.780. The molecule has 0 radical (unpaired) electrons. The zero-order chi connectivity index (χ0) is 13.8. The van der Waals surface area contributed by atoms with Crippen LogP contribution in [0.2, 0.25) is 0 Å². The van der Waals surface area contributed by atoms with Crippen molar-refractivity contribution in [1.29, 1.82) is 0 Å². The molecule has 5 heteroatoms. The van der Waals surface area contributed by atoms with Crippen molar-refractivity contribution in [3.8, 4) is 10.4 Å². The number of carbonyl (C=O) groups excluding carboxylic acids is 1. The van der Waals surface area contributed by atoms with Gasteiger partial charge in [0.2, 0.25) is 0 Å². The number of carbonyl (C=O) groups is 1. The molecule has 0 bridgehead atoms. The molecule has 0 atom stereocenters. The largest absolute Gasteiger partial charge is 0.469 e. The fourth-order valence-corrected chi connectivity index (χ4v) is 3.82. The van der Waals surface area contributed by atoms with E-state index in [0.717, 1.165) is 19.8 Å². The van der Waals surface area contributed by atoms with Gasteiger partial charge in [-0.2, -0.15) is 0 Å². The molecule has 2 aromatic rings. The van der Waals surface area contributed by atoms with Crippen molar-refractivity contribution in [2.24, 2.45) is 0 Å². The van der Waals surface area contributed by atoms with Gasteiger partial charge in [-0.3, -0.25) is 4.79 Å². The summed E-state index contributed by atoms with van der Waals surface area (Å²) in [5, 5.41) is 0. The zero-order valence-corrected chi connectivity index (χ0v) is 13.8. The highest BCUT2D eigenvalue weighted by Gasteiger charge is 2.13. The number of halogens is 1. The third-order valence-electron chi connectivity index (χ3n) is 2.69. The van der Waals surface area contributed by atoms with Crippen LogP contribution in [0.15, 0.2) is 39.0 Å². The Labute approximate surface area is 129 Å². The van der Waals surface area contributed by atoms with E-state index in [-0.39, 0.29) is 5.97 Å². The standard InChI is InChI=1S/C14H13BrO2S2/c1-17-13(16)8-10-7-12(15)19-14(10)9-3-5-11(18-2)6-4-9/h3-7H,8H2,1-2H3. The van der Waals surface area contributed by atoms with Gasteiger partial charge in [-0.25, -0.2) is 0 Å². The summed E-state index contributed by atoms with van der Waals surface area (Å²) in [4.78, 5) is 13.8. The molecule has 0 N–H and O–H groups in total. The molecule has 1 aromatic carbocycles. The Morgan fingerprint density at radius 2 is 2.05 bits per heavy atom. The maximum absolute atomic E-state index is 11.4. The lowest BCUT2D eigenvalue weighted by atomic mass is 10.1. The molecule has 0 fully saturated rings. The Balaban J connectivity index is 2.34. The summed E-state index contributed by atoms with van der Waals surface area (Å²) in [6, 6.07) is 10.3. The van der Waals surface area contributed by atoms with Crippen LogP contribution in [-0.2, 0) is 16.0 Å². The van der Waals surface area contributed by atoms with Crippen LogP contribution >= 0.6 is 39.0 Å². The van der Waals surface area contributed by atoms with E-state index in [9.17, 15) is 4.79 Å². The fraction of sp³-hybridized carbons (Fsp3) is 0.214. The highest BCUT2D eigenvalue weighted by molar-refractivity contribution is 9.11. The van der Waals surface area contributed by atoms with Gasteiger partial charge < -0.3 is 4.74 Å². The molecule has 1 heterocycles. The molecule has 100 valence electrons. The van der Waals surface area contributed by atoms with Gasteiger partial charge in [0.1, 0.15) is 0 Å². The molecule has 0 saturated carbocycles. The number of ether oxygens (including phenoxy) is 1. The molecule has 0 amide bonds. The lowest BCUT2D eigenvalue weighted by Crippen LogP contribution is -2.04. The van der Waals surface area contributed by atoms with E-state index in [1.54, 1.807) is 23.1 Å². The number of thioether (sulfide) groups is 1. The van der Waals surface area contributed by atoms with Gasteiger partial charge in [0.05, 0.1) is 17.3 Å². The molecular formula is C14H13BrO2S2. The smallest absolute Gasteiger partial charge is 0.310 e. The molecule has 0 aliphatic heterocycles. The quantitative estimate of drug-likeness (QED) is 0.590. The minimum Gasteiger partial charge on any atom is -0.469 e. The first-order chi connectivity index (χ1) is 9.13. The van der Waals surface area contributed by atoms with Crippen molar-refractivity contribution in [2.75, 3.05) is 13.4 Å². The third-order valence-corrected chi connectivity index (χ3v) is 5.17. The number of hydrogen-bond acceptors (Lipinski definition) is 4. The van der Waals surface area contributed by atoms with E-state index >= 15 is 0 Å². The van der Waals surface area contributed by atoms with Crippen molar-refractivity contribution >= 4 is 45.0 Å². The van der Waals surface area contributed by atoms with Crippen molar-refractivity contribution in [3.63, 3.8) is 0 Å². The van der Waals surface area contributed by atoms with E-state index in [0.29, 0.717) is 6.42 Å².